The molecule has 1 aromatic heterocycles. The Morgan fingerprint density at radius 2 is 1.95 bits per heavy atom. The lowest BCUT2D eigenvalue weighted by Gasteiger charge is -2.00. The normalized spacial score (nSPS) is 15.8. The Hall–Kier alpha value is -2.54. The Balaban J connectivity index is 1.84. The monoisotopic (exact) mass is 300 g/mol. The van der Waals surface area contributed by atoms with Crippen molar-refractivity contribution in [2.45, 2.75) is 11.8 Å². The first kappa shape index (κ1) is 13.4. The van der Waals surface area contributed by atoms with E-state index in [2.05, 4.69) is 19.9 Å². The van der Waals surface area contributed by atoms with Gasteiger partial charge in [0.2, 0.25) is 0 Å². The number of benzene rings is 1. The van der Waals surface area contributed by atoms with Gasteiger partial charge in [-0.1, -0.05) is 18.2 Å². The fourth-order valence-corrected chi connectivity index (χ4v) is 3.15. The molecular formula is C14H12N4O2S. The molecule has 3 rings (SSSR count). The molecule has 0 saturated carbocycles. The largest absolute Gasteiger partial charge is 0.285 e. The number of hydrogen-bond acceptors (Lipinski definition) is 5. The van der Waals surface area contributed by atoms with E-state index in [-0.39, 0.29) is 10.7 Å². The van der Waals surface area contributed by atoms with Gasteiger partial charge in [0.1, 0.15) is 4.90 Å². The van der Waals surface area contributed by atoms with E-state index in [1.54, 1.807) is 24.3 Å². The van der Waals surface area contributed by atoms with Crippen LogP contribution >= 0.6 is 0 Å². The summed E-state index contributed by atoms with van der Waals surface area (Å²) in [6.45, 7) is 1.88. The lowest BCUT2D eigenvalue weighted by atomic mass is 10.2. The highest BCUT2D eigenvalue weighted by Gasteiger charge is 2.28. The van der Waals surface area contributed by atoms with Crippen LogP contribution in [0, 0.1) is 6.92 Å². The minimum Gasteiger partial charge on any atom is -0.260 e. The van der Waals surface area contributed by atoms with Crippen molar-refractivity contribution < 1.29 is 8.42 Å². The molecule has 1 aliphatic rings. The van der Waals surface area contributed by atoms with Crippen LogP contribution in [0.25, 0.3) is 0 Å². The van der Waals surface area contributed by atoms with Crippen LogP contribution in [0.2, 0.25) is 0 Å². The molecule has 0 saturated heterocycles. The van der Waals surface area contributed by atoms with Crippen molar-refractivity contribution in [2.24, 2.45) is 9.50 Å². The summed E-state index contributed by atoms with van der Waals surface area (Å²) in [6, 6.07) is 12.2. The van der Waals surface area contributed by atoms with Crippen LogP contribution in [0.15, 0.2) is 56.9 Å². The van der Waals surface area contributed by atoms with Gasteiger partial charge in [-0.2, -0.15) is 13.5 Å². The van der Waals surface area contributed by atoms with Crippen molar-refractivity contribution >= 4 is 22.1 Å². The van der Waals surface area contributed by atoms with E-state index in [0.29, 0.717) is 11.3 Å². The lowest BCUT2D eigenvalue weighted by molar-refractivity contribution is 0.599. The topological polar surface area (TPSA) is 83.8 Å². The quantitative estimate of drug-likeness (QED) is 0.672. The number of pyridine rings is 1. The highest BCUT2D eigenvalue weighted by molar-refractivity contribution is 7.90. The van der Waals surface area contributed by atoms with Crippen molar-refractivity contribution in [3.63, 3.8) is 0 Å². The van der Waals surface area contributed by atoms with E-state index >= 15 is 0 Å². The molecule has 0 aliphatic carbocycles. The summed E-state index contributed by atoms with van der Waals surface area (Å²) in [5.41, 5.74) is 4.74. The molecule has 2 heterocycles. The molecule has 1 aliphatic heterocycles. The van der Waals surface area contributed by atoms with Crippen LogP contribution in [-0.2, 0) is 10.0 Å². The molecule has 106 valence electrons. The van der Waals surface area contributed by atoms with Crippen LogP contribution in [0.4, 0.5) is 0 Å². The molecule has 21 heavy (non-hydrogen) atoms. The summed E-state index contributed by atoms with van der Waals surface area (Å²) < 4.78 is 27.4. The number of hydrogen-bond donors (Lipinski definition) is 1. The molecule has 0 fully saturated rings. The third-order valence-electron chi connectivity index (χ3n) is 2.91. The Kier molecular flexibility index (Phi) is 3.26. The van der Waals surface area contributed by atoms with Gasteiger partial charge < -0.3 is 0 Å². The first-order chi connectivity index (χ1) is 10.1. The minimum absolute atomic E-state index is 0.191. The van der Waals surface area contributed by atoms with Gasteiger partial charge >= 0.3 is 0 Å². The minimum atomic E-state index is -3.62. The number of aryl methyl sites for hydroxylation is 1. The number of fused-ring (bicyclic) bond motifs is 1. The molecule has 0 unspecified atom stereocenters. The summed E-state index contributed by atoms with van der Waals surface area (Å²) in [7, 11) is -3.62. The maximum Gasteiger partial charge on any atom is 0.285 e. The molecule has 0 radical (unpaired) electrons. The van der Waals surface area contributed by atoms with E-state index in [1.165, 1.54) is 12.3 Å². The van der Waals surface area contributed by atoms with Crippen LogP contribution in [-0.4, -0.2) is 25.5 Å². The lowest BCUT2D eigenvalue weighted by Crippen LogP contribution is -2.17. The van der Waals surface area contributed by atoms with Gasteiger partial charge in [0.25, 0.3) is 10.0 Å². The molecule has 0 atom stereocenters. The molecular weight excluding hydrogens is 288 g/mol. The predicted octanol–water partition coefficient (Wildman–Crippen LogP) is 1.46. The Bertz CT molecular complexity index is 857. The molecule has 6 nitrogen and oxygen atoms in total. The Morgan fingerprint density at radius 1 is 1.14 bits per heavy atom. The van der Waals surface area contributed by atoms with Crippen molar-refractivity contribution in [3.05, 3.63) is 59.4 Å². The van der Waals surface area contributed by atoms with E-state index in [0.717, 1.165) is 5.69 Å². The molecule has 1 N–H and O–H groups in total. The van der Waals surface area contributed by atoms with Gasteiger partial charge in [0, 0.05) is 11.3 Å². The van der Waals surface area contributed by atoms with Gasteiger partial charge in [-0.25, -0.2) is 0 Å². The molecule has 7 heteroatoms. The van der Waals surface area contributed by atoms with Crippen LogP contribution in [0.3, 0.4) is 0 Å². The number of amidine groups is 1. The highest BCUT2D eigenvalue weighted by atomic mass is 32.2. The van der Waals surface area contributed by atoms with E-state index in [1.807, 2.05) is 19.1 Å². The van der Waals surface area contributed by atoms with Crippen molar-refractivity contribution in [1.29, 1.82) is 0 Å². The van der Waals surface area contributed by atoms with E-state index in [4.69, 9.17) is 0 Å². The van der Waals surface area contributed by atoms with Crippen molar-refractivity contribution in [2.75, 3.05) is 0 Å². The third kappa shape index (κ3) is 2.68. The summed E-state index contributed by atoms with van der Waals surface area (Å²) >= 11 is 0. The molecule has 1 aromatic carbocycles. The number of hydrazone groups is 1. The second kappa shape index (κ2) is 5.10. The van der Waals surface area contributed by atoms with Gasteiger partial charge in [-0.05, 0) is 31.2 Å². The van der Waals surface area contributed by atoms with Crippen molar-refractivity contribution in [1.82, 2.24) is 10.4 Å². The number of aromatic nitrogens is 1. The maximum atomic E-state index is 11.8. The highest BCUT2D eigenvalue weighted by Crippen LogP contribution is 2.24. The fourth-order valence-electron chi connectivity index (χ4n) is 1.98. The zero-order valence-electron chi connectivity index (χ0n) is 11.2. The summed E-state index contributed by atoms with van der Waals surface area (Å²) in [5.74, 6) is 0.217. The van der Waals surface area contributed by atoms with Gasteiger partial charge in [0.15, 0.2) is 5.84 Å². The number of sulfonamides is 1. The van der Waals surface area contributed by atoms with Crippen molar-refractivity contribution in [3.8, 4) is 0 Å². The smallest absolute Gasteiger partial charge is 0.260 e. The Labute approximate surface area is 122 Å². The summed E-state index contributed by atoms with van der Waals surface area (Å²) in [6.07, 6.45) is 1.52. The standard InChI is InChI=1S/C14H12N4O2S/c1-10-5-4-6-11(16-10)9-15-17-14-12-7-2-3-8-13(12)21(19,20)18-14/h2-9H,1H3,(H,17,18). The van der Waals surface area contributed by atoms with E-state index in [9.17, 15) is 8.42 Å². The molecule has 0 amide bonds. The van der Waals surface area contributed by atoms with Gasteiger partial charge in [0.05, 0.1) is 11.9 Å². The summed E-state index contributed by atoms with van der Waals surface area (Å²) in [4.78, 5) is 4.45. The summed E-state index contributed by atoms with van der Waals surface area (Å²) in [5, 5.41) is 4.00. The zero-order chi connectivity index (χ0) is 14.9. The molecule has 2 aromatic rings. The van der Waals surface area contributed by atoms with Crippen LogP contribution in [0.1, 0.15) is 17.0 Å². The van der Waals surface area contributed by atoms with E-state index < -0.39 is 10.0 Å². The zero-order valence-corrected chi connectivity index (χ0v) is 12.0. The first-order valence-electron chi connectivity index (χ1n) is 6.23. The van der Waals surface area contributed by atoms with Gasteiger partial charge in [-0.3, -0.25) is 10.4 Å². The average molecular weight is 300 g/mol. The Morgan fingerprint density at radius 3 is 2.76 bits per heavy atom. The predicted molar refractivity (Wildman–Crippen MR) is 79.9 cm³/mol. The van der Waals surface area contributed by atoms with Gasteiger partial charge in [-0.15, -0.1) is 4.40 Å². The van der Waals surface area contributed by atoms with Crippen LogP contribution in [0.5, 0.6) is 0 Å². The second-order valence-corrected chi connectivity index (χ2v) is 6.06. The van der Waals surface area contributed by atoms with Crippen LogP contribution < -0.4 is 5.43 Å². The molecule has 0 bridgehead atoms. The molecule has 0 spiro atoms. The fraction of sp³-hybridized carbons (Fsp3) is 0.0714. The first-order valence-corrected chi connectivity index (χ1v) is 7.67. The number of nitrogens with one attached hydrogen (secondary N) is 1. The second-order valence-electron chi connectivity index (χ2n) is 4.48. The third-order valence-corrected chi connectivity index (χ3v) is 4.24. The number of nitrogens with zero attached hydrogens (tertiary/aromatic N) is 3. The SMILES string of the molecule is Cc1cccc(C=NNC2=NS(=O)(=O)c3ccccc32)n1. The number of rotatable bonds is 2. The maximum absolute atomic E-state index is 11.8. The average Bonchev–Trinajstić information content (AvgIpc) is 2.71.